The second-order valence-electron chi connectivity index (χ2n) is 6.54. The Morgan fingerprint density at radius 1 is 1.25 bits per heavy atom. The molecule has 3 aromatic rings. The van der Waals surface area contributed by atoms with Crippen molar-refractivity contribution in [3.05, 3.63) is 41.7 Å². The molecule has 1 N–H and O–H groups in total. The number of nitrogens with zero attached hydrogens (tertiary/aromatic N) is 4. The third-order valence-corrected chi connectivity index (χ3v) is 4.87. The summed E-state index contributed by atoms with van der Waals surface area (Å²) in [4.78, 5) is 19.4. The van der Waals surface area contributed by atoms with Gasteiger partial charge in [-0.2, -0.15) is 10.1 Å². The van der Waals surface area contributed by atoms with Crippen molar-refractivity contribution >= 4 is 16.8 Å². The van der Waals surface area contributed by atoms with Crippen molar-refractivity contribution in [1.82, 2.24) is 25.2 Å². The molecule has 7 nitrogen and oxygen atoms in total. The van der Waals surface area contributed by atoms with E-state index in [0.29, 0.717) is 24.0 Å². The number of rotatable bonds is 3. The average Bonchev–Trinajstić information content (AvgIpc) is 3.06. The number of carbonyl (C=O) groups is 1. The molecule has 1 aliphatic carbocycles. The highest BCUT2D eigenvalue weighted by Gasteiger charge is 2.37. The number of nitrogens with one attached hydrogen (secondary N) is 1. The van der Waals surface area contributed by atoms with Gasteiger partial charge in [0.2, 0.25) is 5.89 Å². The van der Waals surface area contributed by atoms with Crippen LogP contribution < -0.4 is 0 Å². The molecule has 5 rings (SSSR count). The lowest BCUT2D eigenvalue weighted by Gasteiger charge is -2.21. The first-order chi connectivity index (χ1) is 11.8. The molecule has 2 fully saturated rings. The second-order valence-corrected chi connectivity index (χ2v) is 6.54. The molecule has 1 aromatic carbocycles. The fraction of sp³-hybridized carbons (Fsp3) is 0.412. The zero-order valence-corrected chi connectivity index (χ0v) is 13.1. The lowest BCUT2D eigenvalue weighted by Crippen LogP contribution is -2.31. The summed E-state index contributed by atoms with van der Waals surface area (Å²) in [7, 11) is 0. The van der Waals surface area contributed by atoms with Crippen molar-refractivity contribution in [2.24, 2.45) is 0 Å². The highest BCUT2D eigenvalue weighted by Crippen LogP contribution is 2.40. The van der Waals surface area contributed by atoms with Gasteiger partial charge in [-0.15, -0.1) is 0 Å². The molecule has 0 spiro atoms. The SMILES string of the molecule is O=C(c1n[nH]c2ccccc12)N1CCC[C@@H]1c1noc(C2CC2)n1. The van der Waals surface area contributed by atoms with Crippen molar-refractivity contribution in [3.63, 3.8) is 0 Å². The van der Waals surface area contributed by atoms with Crippen molar-refractivity contribution in [1.29, 1.82) is 0 Å². The maximum absolute atomic E-state index is 13.0. The number of hydrogen-bond donors (Lipinski definition) is 1. The summed E-state index contributed by atoms with van der Waals surface area (Å²) in [5.74, 6) is 1.69. The van der Waals surface area contributed by atoms with Gasteiger partial charge >= 0.3 is 0 Å². The summed E-state index contributed by atoms with van der Waals surface area (Å²) >= 11 is 0. The van der Waals surface area contributed by atoms with Gasteiger partial charge in [-0.3, -0.25) is 9.89 Å². The normalized spacial score (nSPS) is 20.8. The number of benzene rings is 1. The summed E-state index contributed by atoms with van der Waals surface area (Å²) < 4.78 is 5.37. The minimum atomic E-state index is -0.121. The first-order valence-electron chi connectivity index (χ1n) is 8.39. The van der Waals surface area contributed by atoms with Crippen LogP contribution in [0, 0.1) is 0 Å². The van der Waals surface area contributed by atoms with Crippen LogP contribution in [0.2, 0.25) is 0 Å². The smallest absolute Gasteiger partial charge is 0.275 e. The zero-order valence-electron chi connectivity index (χ0n) is 13.1. The van der Waals surface area contributed by atoms with Crippen LogP contribution in [0.5, 0.6) is 0 Å². The third-order valence-electron chi connectivity index (χ3n) is 4.87. The van der Waals surface area contributed by atoms with Crippen LogP contribution in [0.25, 0.3) is 10.9 Å². The molecule has 2 aromatic heterocycles. The van der Waals surface area contributed by atoms with Crippen molar-refractivity contribution in [2.75, 3.05) is 6.54 Å². The molecule has 24 heavy (non-hydrogen) atoms. The van der Waals surface area contributed by atoms with E-state index in [1.807, 2.05) is 29.2 Å². The van der Waals surface area contributed by atoms with Gasteiger partial charge in [0.25, 0.3) is 5.91 Å². The second kappa shape index (κ2) is 5.15. The van der Waals surface area contributed by atoms with Gasteiger partial charge < -0.3 is 9.42 Å². The monoisotopic (exact) mass is 323 g/mol. The molecular formula is C17H17N5O2. The summed E-state index contributed by atoms with van der Waals surface area (Å²) in [6, 6.07) is 7.55. The Bertz CT molecular complexity index is 910. The molecular weight excluding hydrogens is 306 g/mol. The summed E-state index contributed by atoms with van der Waals surface area (Å²) in [6.45, 7) is 0.692. The third kappa shape index (κ3) is 2.11. The van der Waals surface area contributed by atoms with Gasteiger partial charge in [-0.1, -0.05) is 23.4 Å². The number of aromatic amines is 1. The van der Waals surface area contributed by atoms with Crippen LogP contribution in [0.4, 0.5) is 0 Å². The number of hydrogen-bond acceptors (Lipinski definition) is 5. The molecule has 1 aliphatic heterocycles. The van der Waals surface area contributed by atoms with Crippen molar-refractivity contribution in [3.8, 4) is 0 Å². The van der Waals surface area contributed by atoms with E-state index in [9.17, 15) is 4.79 Å². The lowest BCUT2D eigenvalue weighted by atomic mass is 10.1. The Morgan fingerprint density at radius 2 is 2.12 bits per heavy atom. The predicted molar refractivity (Wildman–Crippen MR) is 85.4 cm³/mol. The fourth-order valence-electron chi connectivity index (χ4n) is 3.42. The molecule has 122 valence electrons. The van der Waals surface area contributed by atoms with E-state index in [1.54, 1.807) is 0 Å². The van der Waals surface area contributed by atoms with E-state index in [4.69, 9.17) is 4.52 Å². The number of para-hydroxylation sites is 1. The Kier molecular flexibility index (Phi) is 2.95. The van der Waals surface area contributed by atoms with Gasteiger partial charge in [0.1, 0.15) is 0 Å². The van der Waals surface area contributed by atoms with Crippen LogP contribution in [0.3, 0.4) is 0 Å². The Hall–Kier alpha value is -2.70. The maximum atomic E-state index is 13.0. The van der Waals surface area contributed by atoms with E-state index in [0.717, 1.165) is 42.5 Å². The fourth-order valence-corrected chi connectivity index (χ4v) is 3.42. The van der Waals surface area contributed by atoms with Gasteiger partial charge in [0, 0.05) is 17.8 Å². The number of amides is 1. The first-order valence-corrected chi connectivity index (χ1v) is 8.39. The van der Waals surface area contributed by atoms with E-state index in [-0.39, 0.29) is 11.9 Å². The first kappa shape index (κ1) is 13.7. The molecule has 3 heterocycles. The standard InChI is InChI=1S/C17H17N5O2/c23-17(14-11-4-1-2-5-12(11)19-20-14)22-9-3-6-13(22)15-18-16(24-21-15)10-7-8-10/h1-2,4-5,10,13H,3,6-9H2,(H,19,20)/t13-/m1/s1. The predicted octanol–water partition coefficient (Wildman–Crippen LogP) is 2.80. The van der Waals surface area contributed by atoms with Crippen molar-refractivity contribution < 1.29 is 9.32 Å². The maximum Gasteiger partial charge on any atom is 0.275 e. The Balaban J connectivity index is 1.46. The van der Waals surface area contributed by atoms with Crippen LogP contribution in [-0.4, -0.2) is 37.7 Å². The molecule has 1 atom stereocenters. The van der Waals surface area contributed by atoms with E-state index in [1.165, 1.54) is 0 Å². The summed E-state index contributed by atoms with van der Waals surface area (Å²) in [5, 5.41) is 12.1. The summed E-state index contributed by atoms with van der Waals surface area (Å²) in [5.41, 5.74) is 1.33. The Morgan fingerprint density at radius 3 is 3.00 bits per heavy atom. The number of fused-ring (bicyclic) bond motifs is 1. The topological polar surface area (TPSA) is 87.9 Å². The van der Waals surface area contributed by atoms with Gasteiger partial charge in [0.05, 0.1) is 11.6 Å². The molecule has 1 amide bonds. The largest absolute Gasteiger partial charge is 0.339 e. The lowest BCUT2D eigenvalue weighted by molar-refractivity contribution is 0.0724. The molecule has 0 bridgehead atoms. The molecule has 0 unspecified atom stereocenters. The highest BCUT2D eigenvalue weighted by molar-refractivity contribution is 6.04. The van der Waals surface area contributed by atoms with E-state index < -0.39 is 0 Å². The van der Waals surface area contributed by atoms with Crippen LogP contribution in [-0.2, 0) is 0 Å². The van der Waals surface area contributed by atoms with Gasteiger partial charge in [-0.25, -0.2) is 0 Å². The summed E-state index contributed by atoms with van der Waals surface area (Å²) in [6.07, 6.45) is 4.03. The number of carbonyl (C=O) groups excluding carboxylic acids is 1. The molecule has 0 radical (unpaired) electrons. The Labute approximate surface area is 138 Å². The quantitative estimate of drug-likeness (QED) is 0.800. The molecule has 2 aliphatic rings. The average molecular weight is 323 g/mol. The van der Waals surface area contributed by atoms with E-state index in [2.05, 4.69) is 20.3 Å². The highest BCUT2D eigenvalue weighted by atomic mass is 16.5. The molecule has 1 saturated carbocycles. The van der Waals surface area contributed by atoms with E-state index >= 15 is 0 Å². The van der Waals surface area contributed by atoms with Gasteiger partial charge in [-0.05, 0) is 31.7 Å². The number of likely N-dealkylation sites (tertiary alicyclic amines) is 1. The zero-order chi connectivity index (χ0) is 16.1. The molecule has 7 heteroatoms. The minimum Gasteiger partial charge on any atom is -0.339 e. The van der Waals surface area contributed by atoms with Crippen LogP contribution in [0.15, 0.2) is 28.8 Å². The van der Waals surface area contributed by atoms with Crippen LogP contribution >= 0.6 is 0 Å². The number of H-pyrrole nitrogens is 1. The minimum absolute atomic E-state index is 0.0762. The van der Waals surface area contributed by atoms with Gasteiger partial charge in [0.15, 0.2) is 11.5 Å². The van der Waals surface area contributed by atoms with Crippen LogP contribution in [0.1, 0.15) is 59.8 Å². The van der Waals surface area contributed by atoms with Crippen molar-refractivity contribution in [2.45, 2.75) is 37.6 Å². The number of aromatic nitrogens is 4. The molecule has 1 saturated heterocycles.